The van der Waals surface area contributed by atoms with Crippen molar-refractivity contribution in [3.8, 4) is 17.6 Å². The van der Waals surface area contributed by atoms with Crippen molar-refractivity contribution in [2.75, 3.05) is 20.8 Å². The Hall–Kier alpha value is -4.16. The quantitative estimate of drug-likeness (QED) is 0.0441. The molecule has 6 rings (SSSR count). The molecule has 0 bridgehead atoms. The van der Waals surface area contributed by atoms with Crippen molar-refractivity contribution < 1.29 is 32.4 Å². The van der Waals surface area contributed by atoms with Gasteiger partial charge in [0.15, 0.2) is 14.5 Å². The molecule has 6 atom stereocenters. The van der Waals surface area contributed by atoms with Crippen LogP contribution in [0.2, 0.25) is 18.1 Å². The van der Waals surface area contributed by atoms with Crippen molar-refractivity contribution in [1.29, 1.82) is 5.26 Å². The van der Waals surface area contributed by atoms with E-state index in [0.717, 1.165) is 16.7 Å². The van der Waals surface area contributed by atoms with Gasteiger partial charge in [0.1, 0.15) is 34.9 Å². The molecule has 2 heterocycles. The van der Waals surface area contributed by atoms with Gasteiger partial charge in [-0.05, 0) is 107 Å². The molecule has 0 spiro atoms. The number of nitrogens with one attached hydrogen (secondary N) is 1. The topological polar surface area (TPSA) is 146 Å². The first-order valence-electron chi connectivity index (χ1n) is 21.8. The van der Waals surface area contributed by atoms with Gasteiger partial charge in [-0.25, -0.2) is 9.46 Å². The molecule has 1 saturated heterocycles. The van der Waals surface area contributed by atoms with Gasteiger partial charge < -0.3 is 32.4 Å². The molecule has 2 aliphatic rings. The van der Waals surface area contributed by atoms with Gasteiger partial charge in [0.05, 0.1) is 39.4 Å². The SMILES string of the molecule is COc1ccc(C(O[C@@H]2CC[C@]3(OP(OCCC#N)N(C(C)C)C(C)C)[C@H](O[Si](C)(C)C(C)(C)C)[C@H](n4cc(C)c(=O)[nH]c4=O)O[C@H]23)(c2ccccc2)c2ccc(OC)cc2)cc1. The van der Waals surface area contributed by atoms with E-state index in [9.17, 15) is 14.9 Å². The molecule has 1 aromatic heterocycles. The molecule has 13 nitrogen and oxygen atoms in total. The summed E-state index contributed by atoms with van der Waals surface area (Å²) in [7, 11) is -1.27. The average molecular weight is 901 g/mol. The van der Waals surface area contributed by atoms with Crippen LogP contribution in [0.3, 0.4) is 0 Å². The number of ether oxygens (including phenoxy) is 4. The van der Waals surface area contributed by atoms with Gasteiger partial charge in [-0.3, -0.25) is 14.3 Å². The Balaban J connectivity index is 1.62. The van der Waals surface area contributed by atoms with Gasteiger partial charge in [-0.2, -0.15) is 5.26 Å². The van der Waals surface area contributed by atoms with E-state index in [1.165, 1.54) is 4.57 Å². The number of aromatic amines is 1. The molecule has 1 unspecified atom stereocenters. The number of aromatic nitrogens is 2. The standard InChI is InChI=1S/C48H65N4O9PSi/c1-32(2)52(33(3)4)62(57-30-16-29-49)61-47-28-27-40(41(47)58-44(42(47)60-63(11,12)46(6,7)8)51-31-34(5)43(53)50-45(51)54)59-48(35-17-14-13-15-18-35,36-19-23-38(55-9)24-20-36)37-21-25-39(56-10)26-22-37/h13-15,17-26,31-33,40-42,44H,16,27-28,30H2,1-12H3,(H,50,53,54)/t40-,41-,42-,44-,47-,62?/m1/s1. The summed E-state index contributed by atoms with van der Waals surface area (Å²) in [6.45, 7) is 21.0. The number of hydrogen-bond acceptors (Lipinski definition) is 11. The highest BCUT2D eigenvalue weighted by atomic mass is 31.2. The molecule has 4 aromatic rings. The molecule has 3 aromatic carbocycles. The lowest BCUT2D eigenvalue weighted by Gasteiger charge is -2.46. The van der Waals surface area contributed by atoms with Crippen LogP contribution in [0.1, 0.15) is 96.2 Å². The van der Waals surface area contributed by atoms with E-state index in [-0.39, 0.29) is 30.1 Å². The highest BCUT2D eigenvalue weighted by Crippen LogP contribution is 2.61. The highest BCUT2D eigenvalue weighted by Gasteiger charge is 2.68. The number of rotatable bonds is 18. The molecule has 0 amide bonds. The second-order valence-corrected chi connectivity index (χ2v) is 24.7. The summed E-state index contributed by atoms with van der Waals surface area (Å²) < 4.78 is 51.8. The fourth-order valence-electron chi connectivity index (χ4n) is 8.54. The van der Waals surface area contributed by atoms with Crippen LogP contribution in [0.25, 0.3) is 0 Å². The molecule has 63 heavy (non-hydrogen) atoms. The van der Waals surface area contributed by atoms with E-state index in [1.54, 1.807) is 27.3 Å². The third-order valence-electron chi connectivity index (χ3n) is 12.7. The first kappa shape index (κ1) is 48.3. The molecule has 1 aliphatic heterocycles. The molecule has 1 N–H and O–H groups in total. The van der Waals surface area contributed by atoms with Crippen molar-refractivity contribution >= 4 is 16.8 Å². The molecule has 340 valence electrons. The number of H-pyrrole nitrogens is 1. The van der Waals surface area contributed by atoms with Crippen LogP contribution < -0.4 is 20.7 Å². The molecule has 2 fully saturated rings. The summed E-state index contributed by atoms with van der Waals surface area (Å²) in [5, 5.41) is 9.37. The third kappa shape index (κ3) is 9.63. The first-order valence-corrected chi connectivity index (χ1v) is 25.8. The maximum atomic E-state index is 14.0. The Morgan fingerprint density at radius 3 is 1.98 bits per heavy atom. The lowest BCUT2D eigenvalue weighted by molar-refractivity contribution is -0.136. The van der Waals surface area contributed by atoms with E-state index in [1.807, 2.05) is 66.7 Å². The van der Waals surface area contributed by atoms with Crippen molar-refractivity contribution in [3.05, 3.63) is 128 Å². The Bertz CT molecular complexity index is 2250. The maximum absolute atomic E-state index is 14.0. The summed E-state index contributed by atoms with van der Waals surface area (Å²) in [4.78, 5) is 29.3. The van der Waals surface area contributed by atoms with E-state index in [0.29, 0.717) is 29.9 Å². The average Bonchev–Trinajstić information content (AvgIpc) is 3.73. The fraction of sp³-hybridized carbons (Fsp3) is 0.521. The minimum absolute atomic E-state index is 0.000262. The van der Waals surface area contributed by atoms with Crippen LogP contribution in [0.5, 0.6) is 11.5 Å². The van der Waals surface area contributed by atoms with Crippen LogP contribution in [0.15, 0.2) is 94.6 Å². The van der Waals surface area contributed by atoms with Crippen molar-refractivity contribution in [3.63, 3.8) is 0 Å². The number of methoxy groups -OCH3 is 2. The maximum Gasteiger partial charge on any atom is 0.330 e. The Morgan fingerprint density at radius 2 is 1.48 bits per heavy atom. The van der Waals surface area contributed by atoms with Crippen LogP contribution >= 0.6 is 8.53 Å². The monoisotopic (exact) mass is 900 g/mol. The van der Waals surface area contributed by atoms with Crippen molar-refractivity contribution in [1.82, 2.24) is 14.2 Å². The van der Waals surface area contributed by atoms with Crippen molar-refractivity contribution in [2.45, 2.75) is 141 Å². The Labute approximate surface area is 374 Å². The highest BCUT2D eigenvalue weighted by molar-refractivity contribution is 7.44. The predicted molar refractivity (Wildman–Crippen MR) is 247 cm³/mol. The molecule has 1 saturated carbocycles. The third-order valence-corrected chi connectivity index (χ3v) is 19.4. The summed E-state index contributed by atoms with van der Waals surface area (Å²) >= 11 is 0. The lowest BCUT2D eigenvalue weighted by Crippen LogP contribution is -2.56. The Morgan fingerprint density at radius 1 is 0.921 bits per heavy atom. The van der Waals surface area contributed by atoms with E-state index in [4.69, 9.17) is 32.4 Å². The molecular formula is C48H65N4O9PSi. The summed E-state index contributed by atoms with van der Waals surface area (Å²) in [5.41, 5.74) is -0.642. The van der Waals surface area contributed by atoms with E-state index < -0.39 is 63.8 Å². The van der Waals surface area contributed by atoms with Gasteiger partial charge >= 0.3 is 5.69 Å². The van der Waals surface area contributed by atoms with Crippen LogP contribution in [-0.4, -0.2) is 79.4 Å². The number of hydrogen-bond donors (Lipinski definition) is 1. The number of nitriles is 1. The number of fused-ring (bicyclic) bond motifs is 1. The largest absolute Gasteiger partial charge is 0.497 e. The Kier molecular flexibility index (Phi) is 15.0. The van der Waals surface area contributed by atoms with Crippen LogP contribution in [-0.2, 0) is 28.5 Å². The number of aryl methyl sites for hydroxylation is 1. The zero-order valence-electron chi connectivity index (χ0n) is 38.8. The van der Waals surface area contributed by atoms with E-state index in [2.05, 4.69) is 89.4 Å². The number of benzene rings is 3. The van der Waals surface area contributed by atoms with Crippen LogP contribution in [0, 0.1) is 18.3 Å². The lowest BCUT2D eigenvalue weighted by atomic mass is 9.79. The second-order valence-electron chi connectivity index (χ2n) is 18.5. The van der Waals surface area contributed by atoms with Gasteiger partial charge in [0.25, 0.3) is 14.1 Å². The molecule has 1 aliphatic carbocycles. The second kappa shape index (κ2) is 19.5. The van der Waals surface area contributed by atoms with Gasteiger partial charge in [0.2, 0.25) is 0 Å². The van der Waals surface area contributed by atoms with Crippen LogP contribution in [0.4, 0.5) is 0 Å². The number of nitrogens with zero attached hydrogens (tertiary/aromatic N) is 3. The van der Waals surface area contributed by atoms with Gasteiger partial charge in [-0.1, -0.05) is 75.4 Å². The van der Waals surface area contributed by atoms with E-state index >= 15 is 0 Å². The summed E-state index contributed by atoms with van der Waals surface area (Å²) in [5.74, 6) is 1.39. The molecular weight excluding hydrogens is 836 g/mol. The smallest absolute Gasteiger partial charge is 0.330 e. The normalized spacial score (nSPS) is 22.1. The molecule has 15 heteroatoms. The minimum Gasteiger partial charge on any atom is -0.497 e. The first-order chi connectivity index (χ1) is 29.8. The zero-order valence-corrected chi connectivity index (χ0v) is 40.7. The van der Waals surface area contributed by atoms with Crippen molar-refractivity contribution in [2.24, 2.45) is 0 Å². The summed E-state index contributed by atoms with van der Waals surface area (Å²) in [6, 6.07) is 28.1. The minimum atomic E-state index is -2.69. The zero-order chi connectivity index (χ0) is 45.9. The predicted octanol–water partition coefficient (Wildman–Crippen LogP) is 9.35. The molecule has 0 radical (unpaired) electrons. The fourth-order valence-corrected chi connectivity index (χ4v) is 11.7. The van der Waals surface area contributed by atoms with Gasteiger partial charge in [-0.15, -0.1) is 0 Å². The van der Waals surface area contributed by atoms with Gasteiger partial charge in [0, 0.05) is 23.8 Å². The summed E-state index contributed by atoms with van der Waals surface area (Å²) in [6.07, 6.45) is -0.772.